The zero-order valence-corrected chi connectivity index (χ0v) is 10.9. The molecule has 6 nitrogen and oxygen atoms in total. The zero-order valence-electron chi connectivity index (χ0n) is 10.9. The van der Waals surface area contributed by atoms with Gasteiger partial charge >= 0.3 is 5.97 Å². The van der Waals surface area contributed by atoms with Gasteiger partial charge in [-0.05, 0) is 24.6 Å². The summed E-state index contributed by atoms with van der Waals surface area (Å²) < 4.78 is 5.48. The van der Waals surface area contributed by atoms with E-state index in [4.69, 9.17) is 9.52 Å². The third-order valence-corrected chi connectivity index (χ3v) is 3.45. The van der Waals surface area contributed by atoms with Crippen molar-refractivity contribution >= 4 is 28.7 Å². The van der Waals surface area contributed by atoms with Crippen LogP contribution in [0.3, 0.4) is 0 Å². The molecule has 1 aliphatic rings. The number of amides is 1. The first-order valence-corrected chi connectivity index (χ1v) is 6.51. The molecule has 104 valence electrons. The van der Waals surface area contributed by atoms with Gasteiger partial charge in [0.2, 0.25) is 5.91 Å². The highest BCUT2D eigenvalue weighted by Gasteiger charge is 2.48. The van der Waals surface area contributed by atoms with Gasteiger partial charge in [0.25, 0.3) is 0 Å². The average Bonchev–Trinajstić information content (AvgIpc) is 3.12. The van der Waals surface area contributed by atoms with E-state index in [1.165, 1.54) is 0 Å². The van der Waals surface area contributed by atoms with Crippen molar-refractivity contribution in [3.63, 3.8) is 0 Å². The van der Waals surface area contributed by atoms with Gasteiger partial charge in [-0.2, -0.15) is 0 Å². The van der Waals surface area contributed by atoms with Crippen molar-refractivity contribution in [2.24, 2.45) is 11.8 Å². The molecule has 3 rings (SSSR count). The van der Waals surface area contributed by atoms with E-state index in [0.717, 1.165) is 0 Å². The highest BCUT2D eigenvalue weighted by atomic mass is 16.4. The zero-order chi connectivity index (χ0) is 14.3. The van der Waals surface area contributed by atoms with Crippen molar-refractivity contribution in [2.45, 2.75) is 19.8 Å². The molecule has 1 aromatic carbocycles. The van der Waals surface area contributed by atoms with E-state index < -0.39 is 17.8 Å². The molecule has 2 atom stereocenters. The number of hydrogen-bond donors (Lipinski definition) is 2. The number of carbonyl (C=O) groups excluding carboxylic acids is 1. The van der Waals surface area contributed by atoms with E-state index in [0.29, 0.717) is 35.5 Å². The van der Waals surface area contributed by atoms with E-state index in [1.54, 1.807) is 18.2 Å². The second-order valence-electron chi connectivity index (χ2n) is 4.92. The van der Waals surface area contributed by atoms with Crippen LogP contribution < -0.4 is 5.32 Å². The molecule has 0 bridgehead atoms. The molecule has 1 saturated carbocycles. The van der Waals surface area contributed by atoms with Crippen LogP contribution in [0.1, 0.15) is 19.2 Å². The highest BCUT2D eigenvalue weighted by molar-refractivity contribution is 5.99. The van der Waals surface area contributed by atoms with Crippen LogP contribution in [0.4, 0.5) is 5.69 Å². The van der Waals surface area contributed by atoms with Crippen molar-refractivity contribution < 1.29 is 19.1 Å². The standard InChI is InChI=1S/C14H14N2O4/c1-2-12-16-10-5-7(3-4-11(10)20-12)15-13(17)8-6-9(8)14(18)19/h3-5,8-9H,2,6H2,1H3,(H,15,17)(H,18,19). The predicted octanol–water partition coefficient (Wildman–Crippen LogP) is 2.05. The fraction of sp³-hybridized carbons (Fsp3) is 0.357. The minimum atomic E-state index is -0.912. The summed E-state index contributed by atoms with van der Waals surface area (Å²) in [6.45, 7) is 1.95. The number of fused-ring (bicyclic) bond motifs is 1. The molecule has 20 heavy (non-hydrogen) atoms. The van der Waals surface area contributed by atoms with Crippen LogP contribution in [-0.2, 0) is 16.0 Å². The summed E-state index contributed by atoms with van der Waals surface area (Å²) in [5.41, 5.74) is 1.97. The maximum atomic E-state index is 11.9. The summed E-state index contributed by atoms with van der Waals surface area (Å²) in [5.74, 6) is -1.48. The summed E-state index contributed by atoms with van der Waals surface area (Å²) >= 11 is 0. The van der Waals surface area contributed by atoms with Crippen molar-refractivity contribution in [3.8, 4) is 0 Å². The van der Waals surface area contributed by atoms with Crippen molar-refractivity contribution in [3.05, 3.63) is 24.1 Å². The number of carbonyl (C=O) groups is 2. The molecule has 2 N–H and O–H groups in total. The maximum absolute atomic E-state index is 11.9. The fourth-order valence-electron chi connectivity index (χ4n) is 2.20. The molecule has 1 aromatic heterocycles. The number of carboxylic acids is 1. The Labute approximate surface area is 114 Å². The highest BCUT2D eigenvalue weighted by Crippen LogP contribution is 2.39. The molecule has 2 aromatic rings. The fourth-order valence-corrected chi connectivity index (χ4v) is 2.20. The summed E-state index contributed by atoms with van der Waals surface area (Å²) in [6.07, 6.45) is 1.12. The largest absolute Gasteiger partial charge is 0.481 e. The van der Waals surface area contributed by atoms with E-state index in [9.17, 15) is 9.59 Å². The molecule has 1 aliphatic carbocycles. The third kappa shape index (κ3) is 2.24. The first kappa shape index (κ1) is 12.7. The SMILES string of the molecule is CCc1nc2cc(NC(=O)C3CC3C(=O)O)ccc2o1. The Morgan fingerprint density at radius 2 is 2.25 bits per heavy atom. The number of nitrogens with one attached hydrogen (secondary N) is 1. The smallest absolute Gasteiger partial charge is 0.307 e. The number of oxazole rings is 1. The van der Waals surface area contributed by atoms with Crippen LogP contribution in [0.15, 0.2) is 22.6 Å². The number of aromatic nitrogens is 1. The Kier molecular flexibility index (Phi) is 2.93. The number of aliphatic carboxylic acids is 1. The topological polar surface area (TPSA) is 92.4 Å². The molecule has 0 saturated heterocycles. The lowest BCUT2D eigenvalue weighted by atomic mass is 10.2. The van der Waals surface area contributed by atoms with Gasteiger partial charge in [0.05, 0.1) is 11.8 Å². The molecule has 1 amide bonds. The Balaban J connectivity index is 1.74. The summed E-state index contributed by atoms with van der Waals surface area (Å²) in [5, 5.41) is 11.5. The Hall–Kier alpha value is -2.37. The average molecular weight is 274 g/mol. The molecule has 0 aliphatic heterocycles. The third-order valence-electron chi connectivity index (χ3n) is 3.45. The number of carboxylic acid groups (broad SMARTS) is 1. The van der Waals surface area contributed by atoms with Crippen LogP contribution in [0.2, 0.25) is 0 Å². The van der Waals surface area contributed by atoms with Crippen LogP contribution >= 0.6 is 0 Å². The van der Waals surface area contributed by atoms with Gasteiger partial charge in [0.15, 0.2) is 11.5 Å². The number of rotatable bonds is 4. The second-order valence-corrected chi connectivity index (χ2v) is 4.92. The van der Waals surface area contributed by atoms with Gasteiger partial charge in [-0.3, -0.25) is 9.59 Å². The number of nitrogens with zero attached hydrogens (tertiary/aromatic N) is 1. The van der Waals surface area contributed by atoms with Crippen LogP contribution in [0.25, 0.3) is 11.1 Å². The summed E-state index contributed by atoms with van der Waals surface area (Å²) in [7, 11) is 0. The Bertz CT molecular complexity index is 692. The van der Waals surface area contributed by atoms with E-state index >= 15 is 0 Å². The number of benzene rings is 1. The van der Waals surface area contributed by atoms with Crippen molar-refractivity contribution in [1.82, 2.24) is 4.98 Å². The molecule has 0 radical (unpaired) electrons. The molecule has 2 unspecified atom stereocenters. The molecule has 0 spiro atoms. The molecular weight excluding hydrogens is 260 g/mol. The minimum Gasteiger partial charge on any atom is -0.481 e. The first-order chi connectivity index (χ1) is 9.58. The predicted molar refractivity (Wildman–Crippen MR) is 71.2 cm³/mol. The van der Waals surface area contributed by atoms with Crippen molar-refractivity contribution in [2.75, 3.05) is 5.32 Å². The number of aryl methyl sites for hydroxylation is 1. The van der Waals surface area contributed by atoms with Crippen LogP contribution in [-0.4, -0.2) is 22.0 Å². The van der Waals surface area contributed by atoms with Crippen molar-refractivity contribution in [1.29, 1.82) is 0 Å². The lowest BCUT2D eigenvalue weighted by molar-refractivity contribution is -0.139. The van der Waals surface area contributed by atoms with Gasteiger partial charge in [-0.15, -0.1) is 0 Å². The van der Waals surface area contributed by atoms with E-state index in [1.807, 2.05) is 6.92 Å². The second kappa shape index (κ2) is 4.63. The van der Waals surface area contributed by atoms with Crippen LogP contribution in [0.5, 0.6) is 0 Å². The monoisotopic (exact) mass is 274 g/mol. The lowest BCUT2D eigenvalue weighted by Crippen LogP contribution is -2.16. The minimum absolute atomic E-state index is 0.254. The normalized spacial score (nSPS) is 20.9. The quantitative estimate of drug-likeness (QED) is 0.890. The molecule has 1 fully saturated rings. The van der Waals surface area contributed by atoms with Crippen LogP contribution in [0, 0.1) is 11.8 Å². The Morgan fingerprint density at radius 3 is 2.90 bits per heavy atom. The van der Waals surface area contributed by atoms with Gasteiger partial charge < -0.3 is 14.8 Å². The summed E-state index contributed by atoms with van der Waals surface area (Å²) in [6, 6.07) is 5.20. The first-order valence-electron chi connectivity index (χ1n) is 6.51. The number of hydrogen-bond acceptors (Lipinski definition) is 4. The maximum Gasteiger partial charge on any atom is 0.307 e. The Morgan fingerprint density at radius 1 is 1.45 bits per heavy atom. The van der Waals surface area contributed by atoms with E-state index in [2.05, 4.69) is 10.3 Å². The van der Waals surface area contributed by atoms with Gasteiger partial charge in [0, 0.05) is 12.1 Å². The van der Waals surface area contributed by atoms with Gasteiger partial charge in [0.1, 0.15) is 5.52 Å². The number of anilines is 1. The molecule has 1 heterocycles. The van der Waals surface area contributed by atoms with E-state index in [-0.39, 0.29) is 5.91 Å². The van der Waals surface area contributed by atoms with Gasteiger partial charge in [-0.25, -0.2) is 4.98 Å². The molecular formula is C14H14N2O4. The summed E-state index contributed by atoms with van der Waals surface area (Å²) in [4.78, 5) is 26.9. The lowest BCUT2D eigenvalue weighted by Gasteiger charge is -2.03. The molecule has 6 heteroatoms. The van der Waals surface area contributed by atoms with Gasteiger partial charge in [-0.1, -0.05) is 6.92 Å².